The molecule has 0 unspecified atom stereocenters. The first-order valence-corrected chi connectivity index (χ1v) is 6.04. The second kappa shape index (κ2) is 5.76. The van der Waals surface area contributed by atoms with Gasteiger partial charge in [0.15, 0.2) is 6.19 Å². The van der Waals surface area contributed by atoms with E-state index in [1.165, 1.54) is 0 Å². The highest BCUT2D eigenvalue weighted by atomic mass is 16.1. The van der Waals surface area contributed by atoms with E-state index >= 15 is 0 Å². The third-order valence-electron chi connectivity index (χ3n) is 2.86. The van der Waals surface area contributed by atoms with Crippen LogP contribution in [0.5, 0.6) is 0 Å². The van der Waals surface area contributed by atoms with E-state index in [1.54, 1.807) is 18.3 Å². The molecule has 0 aliphatic carbocycles. The SMILES string of the molecule is CN(C)c1ccc(-c2nc(NC#N)[nH]c(=O)c2C#N)cc1. The summed E-state index contributed by atoms with van der Waals surface area (Å²) >= 11 is 0. The van der Waals surface area contributed by atoms with Crippen molar-refractivity contribution >= 4 is 11.6 Å². The molecule has 0 saturated carbocycles. The zero-order valence-electron chi connectivity index (χ0n) is 11.5. The van der Waals surface area contributed by atoms with Crippen molar-refractivity contribution in [2.24, 2.45) is 0 Å². The van der Waals surface area contributed by atoms with Gasteiger partial charge in [0.2, 0.25) is 5.95 Å². The van der Waals surface area contributed by atoms with E-state index in [4.69, 9.17) is 10.5 Å². The Balaban J connectivity index is 2.59. The molecular formula is C14H12N6O. The van der Waals surface area contributed by atoms with E-state index in [0.29, 0.717) is 5.56 Å². The lowest BCUT2D eigenvalue weighted by molar-refractivity contribution is 1.11. The van der Waals surface area contributed by atoms with Crippen LogP contribution in [0.15, 0.2) is 29.1 Å². The zero-order valence-corrected chi connectivity index (χ0v) is 11.5. The summed E-state index contributed by atoms with van der Waals surface area (Å²) in [6.45, 7) is 0. The number of nitriles is 2. The first-order chi connectivity index (χ1) is 10.1. The van der Waals surface area contributed by atoms with Crippen LogP contribution in [0.25, 0.3) is 11.3 Å². The summed E-state index contributed by atoms with van der Waals surface area (Å²) < 4.78 is 0. The average Bonchev–Trinajstić information content (AvgIpc) is 2.47. The van der Waals surface area contributed by atoms with Crippen LogP contribution in [0.1, 0.15) is 5.56 Å². The van der Waals surface area contributed by atoms with Crippen molar-refractivity contribution in [3.8, 4) is 23.5 Å². The smallest absolute Gasteiger partial charge is 0.270 e. The number of nitrogens with one attached hydrogen (secondary N) is 2. The lowest BCUT2D eigenvalue weighted by Gasteiger charge is -2.12. The largest absolute Gasteiger partial charge is 0.378 e. The molecule has 0 radical (unpaired) electrons. The van der Waals surface area contributed by atoms with Crippen molar-refractivity contribution in [1.29, 1.82) is 10.5 Å². The molecule has 0 fully saturated rings. The molecule has 2 aromatic rings. The van der Waals surface area contributed by atoms with Gasteiger partial charge >= 0.3 is 0 Å². The molecule has 7 nitrogen and oxygen atoms in total. The van der Waals surface area contributed by atoms with Crippen LogP contribution in [0.3, 0.4) is 0 Å². The average molecular weight is 280 g/mol. The minimum absolute atomic E-state index is 0.00758. The molecule has 21 heavy (non-hydrogen) atoms. The van der Waals surface area contributed by atoms with Crippen LogP contribution >= 0.6 is 0 Å². The van der Waals surface area contributed by atoms with Crippen LogP contribution in [0, 0.1) is 22.8 Å². The molecule has 0 amide bonds. The van der Waals surface area contributed by atoms with Crippen molar-refractivity contribution in [1.82, 2.24) is 9.97 Å². The Morgan fingerprint density at radius 3 is 2.43 bits per heavy atom. The molecule has 2 rings (SSSR count). The number of hydrogen-bond acceptors (Lipinski definition) is 6. The molecular weight excluding hydrogens is 268 g/mol. The van der Waals surface area contributed by atoms with Crippen LogP contribution < -0.4 is 15.8 Å². The third-order valence-corrected chi connectivity index (χ3v) is 2.86. The van der Waals surface area contributed by atoms with Gasteiger partial charge in [0.25, 0.3) is 5.56 Å². The predicted molar refractivity (Wildman–Crippen MR) is 78.6 cm³/mol. The Hall–Kier alpha value is -3.32. The van der Waals surface area contributed by atoms with Gasteiger partial charge in [-0.25, -0.2) is 4.98 Å². The van der Waals surface area contributed by atoms with E-state index in [9.17, 15) is 4.79 Å². The Morgan fingerprint density at radius 2 is 1.90 bits per heavy atom. The first kappa shape index (κ1) is 14.1. The second-order valence-corrected chi connectivity index (χ2v) is 4.43. The third kappa shape index (κ3) is 2.82. The van der Waals surface area contributed by atoms with Gasteiger partial charge in [-0.1, -0.05) is 12.1 Å². The standard InChI is InChI=1S/C14H12N6O/c1-20(2)10-5-3-9(4-6-10)12-11(7-15)13(21)19-14(18-12)17-8-16/h3-6H,1-2H3,(H2,17,18,19,21). The summed E-state index contributed by atoms with van der Waals surface area (Å²) in [5.41, 5.74) is 1.18. The molecule has 0 aliphatic heterocycles. The number of aromatic amines is 1. The molecule has 0 saturated heterocycles. The van der Waals surface area contributed by atoms with Crippen molar-refractivity contribution < 1.29 is 0 Å². The minimum Gasteiger partial charge on any atom is -0.378 e. The minimum atomic E-state index is -0.586. The molecule has 1 heterocycles. The molecule has 0 bridgehead atoms. The molecule has 0 spiro atoms. The fourth-order valence-electron chi connectivity index (χ4n) is 1.82. The fraction of sp³-hybridized carbons (Fsp3) is 0.143. The summed E-state index contributed by atoms with van der Waals surface area (Å²) in [4.78, 5) is 20.2. The molecule has 1 aromatic heterocycles. The van der Waals surface area contributed by atoms with Gasteiger partial charge in [-0.2, -0.15) is 10.5 Å². The quantitative estimate of drug-likeness (QED) is 0.647. The van der Waals surface area contributed by atoms with Crippen LogP contribution in [-0.4, -0.2) is 24.1 Å². The zero-order chi connectivity index (χ0) is 15.4. The summed E-state index contributed by atoms with van der Waals surface area (Å²) in [7, 11) is 3.83. The Labute approximate surface area is 121 Å². The van der Waals surface area contributed by atoms with Gasteiger partial charge in [-0.3, -0.25) is 15.1 Å². The summed E-state index contributed by atoms with van der Waals surface area (Å²) in [5.74, 6) is 0.00758. The maximum atomic E-state index is 11.8. The van der Waals surface area contributed by atoms with Gasteiger partial charge in [0.05, 0.1) is 5.69 Å². The Bertz CT molecular complexity index is 792. The molecule has 0 aliphatic rings. The molecule has 104 valence electrons. The van der Waals surface area contributed by atoms with Crippen LogP contribution in [0.2, 0.25) is 0 Å². The number of hydrogen-bond donors (Lipinski definition) is 2. The molecule has 2 N–H and O–H groups in total. The number of rotatable bonds is 3. The highest BCUT2D eigenvalue weighted by Crippen LogP contribution is 2.22. The Morgan fingerprint density at radius 1 is 1.24 bits per heavy atom. The number of benzene rings is 1. The normalized spacial score (nSPS) is 9.52. The highest BCUT2D eigenvalue weighted by molar-refractivity contribution is 5.69. The van der Waals surface area contributed by atoms with Crippen molar-refractivity contribution in [2.75, 3.05) is 24.3 Å². The van der Waals surface area contributed by atoms with E-state index in [1.807, 2.05) is 37.2 Å². The number of aromatic nitrogens is 2. The fourth-order valence-corrected chi connectivity index (χ4v) is 1.82. The molecule has 1 aromatic carbocycles. The summed E-state index contributed by atoms with van der Waals surface area (Å²) in [5, 5.41) is 20.0. The summed E-state index contributed by atoms with van der Waals surface area (Å²) in [6.07, 6.45) is 1.68. The van der Waals surface area contributed by atoms with Crippen LogP contribution in [-0.2, 0) is 0 Å². The van der Waals surface area contributed by atoms with Crippen molar-refractivity contribution in [3.63, 3.8) is 0 Å². The first-order valence-electron chi connectivity index (χ1n) is 6.04. The number of nitrogens with zero attached hydrogens (tertiary/aromatic N) is 4. The molecule has 7 heteroatoms. The maximum Gasteiger partial charge on any atom is 0.270 e. The van der Waals surface area contributed by atoms with Gasteiger partial charge in [0.1, 0.15) is 11.6 Å². The lowest BCUT2D eigenvalue weighted by Crippen LogP contribution is -2.16. The second-order valence-electron chi connectivity index (χ2n) is 4.43. The highest BCUT2D eigenvalue weighted by Gasteiger charge is 2.13. The number of anilines is 2. The topological polar surface area (TPSA) is 109 Å². The van der Waals surface area contributed by atoms with Gasteiger partial charge < -0.3 is 4.90 Å². The van der Waals surface area contributed by atoms with Gasteiger partial charge in [-0.05, 0) is 12.1 Å². The predicted octanol–water partition coefficient (Wildman–Crippen LogP) is 1.27. The van der Waals surface area contributed by atoms with Crippen LogP contribution in [0.4, 0.5) is 11.6 Å². The Kier molecular flexibility index (Phi) is 3.87. The van der Waals surface area contributed by atoms with Gasteiger partial charge in [-0.15, -0.1) is 0 Å². The monoisotopic (exact) mass is 280 g/mol. The lowest BCUT2D eigenvalue weighted by atomic mass is 10.1. The van der Waals surface area contributed by atoms with Crippen molar-refractivity contribution in [2.45, 2.75) is 0 Å². The summed E-state index contributed by atoms with van der Waals surface area (Å²) in [6, 6.07) is 9.10. The van der Waals surface area contributed by atoms with E-state index in [2.05, 4.69) is 15.3 Å². The maximum absolute atomic E-state index is 11.8. The van der Waals surface area contributed by atoms with Crippen molar-refractivity contribution in [3.05, 3.63) is 40.2 Å². The van der Waals surface area contributed by atoms with E-state index in [0.717, 1.165) is 5.69 Å². The van der Waals surface area contributed by atoms with Gasteiger partial charge in [0, 0.05) is 25.3 Å². The number of H-pyrrole nitrogens is 1. The van der Waals surface area contributed by atoms with E-state index < -0.39 is 5.56 Å². The van der Waals surface area contributed by atoms with E-state index in [-0.39, 0.29) is 17.2 Å². The molecule has 0 atom stereocenters.